The minimum atomic E-state index is -0.0356. The summed E-state index contributed by atoms with van der Waals surface area (Å²) in [6.07, 6.45) is 2.12. The van der Waals surface area contributed by atoms with Crippen molar-refractivity contribution >= 4 is 5.91 Å². The van der Waals surface area contributed by atoms with Crippen LogP contribution in [0, 0.1) is 6.92 Å². The third-order valence-corrected chi connectivity index (χ3v) is 2.14. The first-order valence-electron chi connectivity index (χ1n) is 4.97. The van der Waals surface area contributed by atoms with Gasteiger partial charge in [-0.2, -0.15) is 0 Å². The SMILES string of the molecule is CCCCN(C)C(=O)c1ccc(C)o1. The number of furan rings is 1. The third-order valence-electron chi connectivity index (χ3n) is 2.14. The van der Waals surface area contributed by atoms with Crippen LogP contribution in [0.3, 0.4) is 0 Å². The van der Waals surface area contributed by atoms with Crippen LogP contribution in [-0.2, 0) is 0 Å². The minimum absolute atomic E-state index is 0.0356. The number of carbonyl (C=O) groups excluding carboxylic acids is 1. The second-order valence-electron chi connectivity index (χ2n) is 3.49. The molecule has 0 fully saturated rings. The molecule has 1 aromatic rings. The Morgan fingerprint density at radius 3 is 2.71 bits per heavy atom. The van der Waals surface area contributed by atoms with Crippen molar-refractivity contribution in [2.24, 2.45) is 0 Å². The summed E-state index contributed by atoms with van der Waals surface area (Å²) in [6.45, 7) is 4.73. The molecule has 0 spiro atoms. The Bertz CT molecular complexity index is 304. The molecule has 0 bridgehead atoms. The summed E-state index contributed by atoms with van der Waals surface area (Å²) in [7, 11) is 1.80. The molecule has 78 valence electrons. The summed E-state index contributed by atoms with van der Waals surface area (Å²) in [5.74, 6) is 1.17. The van der Waals surface area contributed by atoms with Gasteiger partial charge < -0.3 is 9.32 Å². The second-order valence-corrected chi connectivity index (χ2v) is 3.49. The molecular formula is C11H17NO2. The first-order valence-corrected chi connectivity index (χ1v) is 4.97. The number of hydrogen-bond donors (Lipinski definition) is 0. The van der Waals surface area contributed by atoms with Crippen LogP contribution in [0.2, 0.25) is 0 Å². The quantitative estimate of drug-likeness (QED) is 0.739. The summed E-state index contributed by atoms with van der Waals surface area (Å²) < 4.78 is 5.26. The first kappa shape index (κ1) is 10.8. The number of aryl methyl sites for hydroxylation is 1. The molecule has 0 saturated carbocycles. The molecule has 1 rings (SSSR count). The molecule has 0 aromatic carbocycles. The van der Waals surface area contributed by atoms with Crippen molar-refractivity contribution < 1.29 is 9.21 Å². The van der Waals surface area contributed by atoms with Gasteiger partial charge in [-0.15, -0.1) is 0 Å². The van der Waals surface area contributed by atoms with E-state index in [0.29, 0.717) is 5.76 Å². The molecule has 1 heterocycles. The van der Waals surface area contributed by atoms with E-state index in [1.54, 1.807) is 24.1 Å². The van der Waals surface area contributed by atoms with Crippen molar-refractivity contribution in [3.8, 4) is 0 Å². The molecule has 1 amide bonds. The van der Waals surface area contributed by atoms with Crippen LogP contribution in [0.25, 0.3) is 0 Å². The highest BCUT2D eigenvalue weighted by Gasteiger charge is 2.14. The number of nitrogens with zero attached hydrogens (tertiary/aromatic N) is 1. The maximum Gasteiger partial charge on any atom is 0.289 e. The van der Waals surface area contributed by atoms with Crippen LogP contribution in [0.1, 0.15) is 36.1 Å². The molecule has 0 aliphatic carbocycles. The average Bonchev–Trinajstić information content (AvgIpc) is 2.60. The molecule has 0 radical (unpaired) electrons. The van der Waals surface area contributed by atoms with E-state index in [0.717, 1.165) is 25.1 Å². The Hall–Kier alpha value is -1.25. The molecular weight excluding hydrogens is 178 g/mol. The van der Waals surface area contributed by atoms with Gasteiger partial charge in [0.25, 0.3) is 5.91 Å². The molecule has 3 heteroatoms. The van der Waals surface area contributed by atoms with Gasteiger partial charge in [0.15, 0.2) is 5.76 Å². The van der Waals surface area contributed by atoms with Gasteiger partial charge in [-0.1, -0.05) is 13.3 Å². The van der Waals surface area contributed by atoms with Gasteiger partial charge in [-0.05, 0) is 25.5 Å². The normalized spacial score (nSPS) is 10.2. The van der Waals surface area contributed by atoms with Gasteiger partial charge in [-0.25, -0.2) is 0 Å². The molecule has 0 unspecified atom stereocenters. The zero-order valence-electron chi connectivity index (χ0n) is 9.04. The van der Waals surface area contributed by atoms with Crippen LogP contribution < -0.4 is 0 Å². The molecule has 0 aliphatic rings. The molecule has 1 aromatic heterocycles. The summed E-state index contributed by atoms with van der Waals surface area (Å²) in [6, 6.07) is 3.53. The smallest absolute Gasteiger partial charge is 0.289 e. The fourth-order valence-corrected chi connectivity index (χ4v) is 1.23. The van der Waals surface area contributed by atoms with E-state index >= 15 is 0 Å². The summed E-state index contributed by atoms with van der Waals surface area (Å²) in [5, 5.41) is 0. The van der Waals surface area contributed by atoms with E-state index in [-0.39, 0.29) is 5.91 Å². The fraction of sp³-hybridized carbons (Fsp3) is 0.545. The van der Waals surface area contributed by atoms with E-state index < -0.39 is 0 Å². The molecule has 0 aliphatic heterocycles. The predicted molar refractivity (Wildman–Crippen MR) is 55.3 cm³/mol. The van der Waals surface area contributed by atoms with Gasteiger partial charge in [0.2, 0.25) is 0 Å². The highest BCUT2D eigenvalue weighted by Crippen LogP contribution is 2.09. The third kappa shape index (κ3) is 2.62. The molecule has 14 heavy (non-hydrogen) atoms. The van der Waals surface area contributed by atoms with E-state index in [1.807, 2.05) is 6.92 Å². The zero-order chi connectivity index (χ0) is 10.6. The van der Waals surface area contributed by atoms with Crippen molar-refractivity contribution in [1.82, 2.24) is 4.90 Å². The summed E-state index contributed by atoms with van der Waals surface area (Å²) >= 11 is 0. The van der Waals surface area contributed by atoms with Gasteiger partial charge in [0, 0.05) is 13.6 Å². The maximum atomic E-state index is 11.7. The van der Waals surface area contributed by atoms with Crippen LogP contribution in [0.15, 0.2) is 16.5 Å². The second kappa shape index (κ2) is 4.84. The van der Waals surface area contributed by atoms with E-state index in [9.17, 15) is 4.79 Å². The monoisotopic (exact) mass is 195 g/mol. The number of amides is 1. The lowest BCUT2D eigenvalue weighted by molar-refractivity contribution is 0.0760. The number of hydrogen-bond acceptors (Lipinski definition) is 2. The van der Waals surface area contributed by atoms with E-state index in [4.69, 9.17) is 4.42 Å². The van der Waals surface area contributed by atoms with Crippen molar-refractivity contribution in [2.45, 2.75) is 26.7 Å². The van der Waals surface area contributed by atoms with E-state index in [2.05, 4.69) is 6.92 Å². The number of carbonyl (C=O) groups is 1. The minimum Gasteiger partial charge on any atom is -0.456 e. The van der Waals surface area contributed by atoms with Crippen LogP contribution in [0.5, 0.6) is 0 Å². The maximum absolute atomic E-state index is 11.7. The van der Waals surface area contributed by atoms with E-state index in [1.165, 1.54) is 0 Å². The predicted octanol–water partition coefficient (Wildman–Crippen LogP) is 2.46. The van der Waals surface area contributed by atoms with Gasteiger partial charge >= 0.3 is 0 Å². The standard InChI is InChI=1S/C11H17NO2/c1-4-5-8-12(3)11(13)10-7-6-9(2)14-10/h6-7H,4-5,8H2,1-3H3. The molecule has 0 N–H and O–H groups in total. The van der Waals surface area contributed by atoms with Crippen LogP contribution in [0.4, 0.5) is 0 Å². The van der Waals surface area contributed by atoms with Crippen LogP contribution >= 0.6 is 0 Å². The lowest BCUT2D eigenvalue weighted by atomic mass is 10.3. The van der Waals surface area contributed by atoms with Gasteiger partial charge in [0.05, 0.1) is 0 Å². The summed E-state index contributed by atoms with van der Waals surface area (Å²) in [4.78, 5) is 13.4. The Morgan fingerprint density at radius 1 is 1.50 bits per heavy atom. The summed E-state index contributed by atoms with van der Waals surface area (Å²) in [5.41, 5.74) is 0. The Labute approximate surface area is 84.7 Å². The molecule has 0 saturated heterocycles. The number of rotatable bonds is 4. The lowest BCUT2D eigenvalue weighted by Gasteiger charge is -2.14. The molecule has 0 atom stereocenters. The largest absolute Gasteiger partial charge is 0.456 e. The first-order chi connectivity index (χ1) is 6.65. The van der Waals surface area contributed by atoms with Crippen LogP contribution in [-0.4, -0.2) is 24.4 Å². The van der Waals surface area contributed by atoms with Crippen molar-refractivity contribution in [1.29, 1.82) is 0 Å². The highest BCUT2D eigenvalue weighted by atomic mass is 16.3. The fourth-order valence-electron chi connectivity index (χ4n) is 1.23. The zero-order valence-corrected chi connectivity index (χ0v) is 9.04. The Balaban J connectivity index is 2.56. The van der Waals surface area contributed by atoms with Gasteiger partial charge in [0.1, 0.15) is 5.76 Å². The van der Waals surface area contributed by atoms with Crippen molar-refractivity contribution in [3.05, 3.63) is 23.7 Å². The Kier molecular flexibility index (Phi) is 3.74. The van der Waals surface area contributed by atoms with Crippen molar-refractivity contribution in [2.75, 3.05) is 13.6 Å². The average molecular weight is 195 g/mol. The topological polar surface area (TPSA) is 33.5 Å². The molecule has 3 nitrogen and oxygen atoms in total. The van der Waals surface area contributed by atoms with Gasteiger partial charge in [-0.3, -0.25) is 4.79 Å². The highest BCUT2D eigenvalue weighted by molar-refractivity contribution is 5.91. The Morgan fingerprint density at radius 2 is 2.21 bits per heavy atom. The lowest BCUT2D eigenvalue weighted by Crippen LogP contribution is -2.27. The van der Waals surface area contributed by atoms with Crippen molar-refractivity contribution in [3.63, 3.8) is 0 Å². The number of unbranched alkanes of at least 4 members (excludes halogenated alkanes) is 1.